The van der Waals surface area contributed by atoms with Crippen LogP contribution in [0.4, 0.5) is 4.79 Å². The SMILES string of the molecule is CNC(=O)OCc1ccccc1Sc1ccccc1C(=O)O. The van der Waals surface area contributed by atoms with E-state index in [9.17, 15) is 14.7 Å². The Morgan fingerprint density at radius 1 is 1.09 bits per heavy atom. The van der Waals surface area contributed by atoms with E-state index in [2.05, 4.69) is 5.32 Å². The van der Waals surface area contributed by atoms with E-state index in [1.807, 2.05) is 24.3 Å². The maximum Gasteiger partial charge on any atom is 0.407 e. The van der Waals surface area contributed by atoms with Gasteiger partial charge in [0, 0.05) is 22.4 Å². The van der Waals surface area contributed by atoms with Crippen LogP contribution in [0.15, 0.2) is 58.3 Å². The summed E-state index contributed by atoms with van der Waals surface area (Å²) < 4.78 is 5.05. The Morgan fingerprint density at radius 3 is 2.41 bits per heavy atom. The minimum Gasteiger partial charge on any atom is -0.478 e. The van der Waals surface area contributed by atoms with Gasteiger partial charge in [0.05, 0.1) is 5.56 Å². The molecule has 0 fully saturated rings. The molecule has 2 aromatic rings. The van der Waals surface area contributed by atoms with Gasteiger partial charge in [-0.1, -0.05) is 42.1 Å². The quantitative estimate of drug-likeness (QED) is 0.884. The second kappa shape index (κ2) is 7.51. The number of carboxylic acid groups (broad SMARTS) is 1. The molecular weight excluding hydrogens is 302 g/mol. The lowest BCUT2D eigenvalue weighted by Crippen LogP contribution is -2.19. The smallest absolute Gasteiger partial charge is 0.407 e. The van der Waals surface area contributed by atoms with Crippen LogP contribution in [0, 0.1) is 0 Å². The van der Waals surface area contributed by atoms with Crippen LogP contribution in [-0.2, 0) is 11.3 Å². The number of hydrogen-bond donors (Lipinski definition) is 2. The molecule has 2 N–H and O–H groups in total. The highest BCUT2D eigenvalue weighted by Crippen LogP contribution is 2.33. The van der Waals surface area contributed by atoms with Crippen LogP contribution < -0.4 is 5.32 Å². The fourth-order valence-corrected chi connectivity index (χ4v) is 2.84. The van der Waals surface area contributed by atoms with Gasteiger partial charge < -0.3 is 15.2 Å². The number of carboxylic acids is 1. The molecule has 0 saturated heterocycles. The second-order valence-electron chi connectivity index (χ2n) is 4.34. The van der Waals surface area contributed by atoms with E-state index in [1.54, 1.807) is 24.3 Å². The zero-order valence-corrected chi connectivity index (χ0v) is 12.7. The zero-order chi connectivity index (χ0) is 15.9. The first kappa shape index (κ1) is 15.9. The highest BCUT2D eigenvalue weighted by molar-refractivity contribution is 7.99. The standard InChI is InChI=1S/C16H15NO4S/c1-17-16(20)21-10-11-6-2-4-8-13(11)22-14-9-5-3-7-12(14)15(18)19/h2-9H,10H2,1H3,(H,17,20)(H,18,19). The molecule has 0 aromatic heterocycles. The lowest BCUT2D eigenvalue weighted by molar-refractivity contribution is 0.0693. The average molecular weight is 317 g/mol. The molecule has 0 unspecified atom stereocenters. The van der Waals surface area contributed by atoms with Gasteiger partial charge in [0.25, 0.3) is 0 Å². The fraction of sp³-hybridized carbons (Fsp3) is 0.125. The minimum atomic E-state index is -0.970. The average Bonchev–Trinajstić information content (AvgIpc) is 2.54. The van der Waals surface area contributed by atoms with Gasteiger partial charge in [-0.05, 0) is 18.2 Å². The number of hydrogen-bond acceptors (Lipinski definition) is 4. The molecule has 2 aromatic carbocycles. The van der Waals surface area contributed by atoms with Crippen LogP contribution in [0.3, 0.4) is 0 Å². The summed E-state index contributed by atoms with van der Waals surface area (Å²) >= 11 is 1.34. The fourth-order valence-electron chi connectivity index (χ4n) is 1.79. The molecular formula is C16H15NO4S. The van der Waals surface area contributed by atoms with Crippen LogP contribution >= 0.6 is 11.8 Å². The molecule has 1 amide bonds. The molecule has 0 bridgehead atoms. The summed E-state index contributed by atoms with van der Waals surface area (Å²) in [6, 6.07) is 14.2. The van der Waals surface area contributed by atoms with Gasteiger partial charge in [0.1, 0.15) is 6.61 Å². The number of nitrogens with one attached hydrogen (secondary N) is 1. The molecule has 2 rings (SSSR count). The highest BCUT2D eigenvalue weighted by atomic mass is 32.2. The van der Waals surface area contributed by atoms with E-state index in [1.165, 1.54) is 18.8 Å². The van der Waals surface area contributed by atoms with Crippen molar-refractivity contribution in [2.24, 2.45) is 0 Å². The lowest BCUT2D eigenvalue weighted by Gasteiger charge is -2.11. The van der Waals surface area contributed by atoms with Crippen LogP contribution in [0.2, 0.25) is 0 Å². The zero-order valence-electron chi connectivity index (χ0n) is 11.9. The molecule has 0 spiro atoms. The third-order valence-electron chi connectivity index (χ3n) is 2.87. The summed E-state index contributed by atoms with van der Waals surface area (Å²) in [6.07, 6.45) is -0.509. The summed E-state index contributed by atoms with van der Waals surface area (Å²) in [7, 11) is 1.49. The van der Waals surface area contributed by atoms with Crippen molar-refractivity contribution in [2.45, 2.75) is 16.4 Å². The van der Waals surface area contributed by atoms with Crippen molar-refractivity contribution < 1.29 is 19.4 Å². The highest BCUT2D eigenvalue weighted by Gasteiger charge is 2.12. The normalized spacial score (nSPS) is 10.0. The van der Waals surface area contributed by atoms with E-state index in [-0.39, 0.29) is 12.2 Å². The summed E-state index contributed by atoms with van der Waals surface area (Å²) in [5.74, 6) is -0.970. The third kappa shape index (κ3) is 4.02. The van der Waals surface area contributed by atoms with Crippen LogP contribution in [0.1, 0.15) is 15.9 Å². The van der Waals surface area contributed by atoms with E-state index in [0.717, 1.165) is 10.5 Å². The Morgan fingerprint density at radius 2 is 1.73 bits per heavy atom. The van der Waals surface area contributed by atoms with Gasteiger partial charge in [-0.15, -0.1) is 0 Å². The van der Waals surface area contributed by atoms with Gasteiger partial charge in [0.2, 0.25) is 0 Å². The van der Waals surface area contributed by atoms with Crippen molar-refractivity contribution in [2.75, 3.05) is 7.05 Å². The number of carbonyl (C=O) groups is 2. The van der Waals surface area contributed by atoms with Gasteiger partial charge >= 0.3 is 12.1 Å². The van der Waals surface area contributed by atoms with E-state index < -0.39 is 12.1 Å². The molecule has 0 atom stereocenters. The summed E-state index contributed by atoms with van der Waals surface area (Å²) in [5.41, 5.74) is 1.06. The van der Waals surface area contributed by atoms with Gasteiger partial charge in [-0.2, -0.15) is 0 Å². The molecule has 6 heteroatoms. The van der Waals surface area contributed by atoms with Crippen LogP contribution in [-0.4, -0.2) is 24.2 Å². The molecule has 114 valence electrons. The van der Waals surface area contributed by atoms with Crippen molar-refractivity contribution in [1.82, 2.24) is 5.32 Å². The first-order valence-corrected chi connectivity index (χ1v) is 7.36. The monoisotopic (exact) mass is 317 g/mol. The predicted octanol–water partition coefficient (Wildman–Crippen LogP) is 3.39. The molecule has 0 radical (unpaired) electrons. The number of alkyl carbamates (subject to hydrolysis) is 1. The minimum absolute atomic E-state index is 0.123. The number of benzene rings is 2. The van der Waals surface area contributed by atoms with Gasteiger partial charge in [0.15, 0.2) is 0 Å². The Balaban J connectivity index is 2.23. The van der Waals surface area contributed by atoms with E-state index >= 15 is 0 Å². The largest absolute Gasteiger partial charge is 0.478 e. The number of carbonyl (C=O) groups excluding carboxylic acids is 1. The van der Waals surface area contributed by atoms with Crippen molar-refractivity contribution in [3.05, 3.63) is 59.7 Å². The van der Waals surface area contributed by atoms with Gasteiger partial charge in [-0.3, -0.25) is 0 Å². The number of rotatable bonds is 5. The summed E-state index contributed by atoms with van der Waals surface area (Å²) in [5, 5.41) is 11.6. The summed E-state index contributed by atoms with van der Waals surface area (Å²) in [4.78, 5) is 23.9. The first-order chi connectivity index (χ1) is 10.6. The Hall–Kier alpha value is -2.47. The van der Waals surface area contributed by atoms with Crippen LogP contribution in [0.5, 0.6) is 0 Å². The maximum absolute atomic E-state index is 11.3. The number of amides is 1. The topological polar surface area (TPSA) is 75.6 Å². The molecule has 0 heterocycles. The molecule has 22 heavy (non-hydrogen) atoms. The molecule has 0 aliphatic rings. The Labute approximate surface area is 132 Å². The first-order valence-electron chi connectivity index (χ1n) is 6.54. The number of ether oxygens (including phenoxy) is 1. The lowest BCUT2D eigenvalue weighted by atomic mass is 10.2. The molecule has 0 aliphatic carbocycles. The van der Waals surface area contributed by atoms with E-state index in [0.29, 0.717) is 4.90 Å². The third-order valence-corrected chi connectivity index (χ3v) is 4.07. The molecule has 5 nitrogen and oxygen atoms in total. The van der Waals surface area contributed by atoms with Crippen molar-refractivity contribution in [1.29, 1.82) is 0 Å². The van der Waals surface area contributed by atoms with Crippen molar-refractivity contribution >= 4 is 23.8 Å². The second-order valence-corrected chi connectivity index (χ2v) is 5.42. The molecule has 0 saturated carbocycles. The summed E-state index contributed by atoms with van der Waals surface area (Å²) in [6.45, 7) is 0.123. The van der Waals surface area contributed by atoms with Crippen LogP contribution in [0.25, 0.3) is 0 Å². The predicted molar refractivity (Wildman–Crippen MR) is 83.2 cm³/mol. The van der Waals surface area contributed by atoms with Gasteiger partial charge in [-0.25, -0.2) is 9.59 Å². The van der Waals surface area contributed by atoms with E-state index in [4.69, 9.17) is 4.74 Å². The molecule has 0 aliphatic heterocycles. The number of aromatic carboxylic acids is 1. The van der Waals surface area contributed by atoms with Crippen molar-refractivity contribution in [3.63, 3.8) is 0 Å². The Bertz CT molecular complexity index is 687. The van der Waals surface area contributed by atoms with Crippen molar-refractivity contribution in [3.8, 4) is 0 Å². The maximum atomic E-state index is 11.3. The Kier molecular flexibility index (Phi) is 5.43.